The molecule has 102 valence electrons. The van der Waals surface area contributed by atoms with Crippen molar-refractivity contribution in [2.45, 2.75) is 19.4 Å². The maximum Gasteiger partial charge on any atom is 0.254 e. The Morgan fingerprint density at radius 1 is 1.37 bits per heavy atom. The van der Waals surface area contributed by atoms with Crippen molar-refractivity contribution < 1.29 is 9.53 Å². The number of piperidine rings is 1. The fourth-order valence-electron chi connectivity index (χ4n) is 2.99. The van der Waals surface area contributed by atoms with Crippen LogP contribution in [0, 0.1) is 5.92 Å². The number of carbonyl (C=O) groups excluding carboxylic acids is 1. The van der Waals surface area contributed by atoms with Crippen molar-refractivity contribution in [2.24, 2.45) is 5.92 Å². The van der Waals surface area contributed by atoms with Gasteiger partial charge in [-0.15, -0.1) is 0 Å². The highest BCUT2D eigenvalue weighted by Crippen LogP contribution is 2.28. The van der Waals surface area contributed by atoms with Gasteiger partial charge in [0.1, 0.15) is 5.75 Å². The number of ether oxygens (including phenoxy) is 1. The zero-order valence-electron chi connectivity index (χ0n) is 11.3. The quantitative estimate of drug-likeness (QED) is 0.898. The van der Waals surface area contributed by atoms with Gasteiger partial charge in [0.05, 0.1) is 7.11 Å². The molecule has 1 aromatic rings. The minimum atomic E-state index is 0.160. The Kier molecular flexibility index (Phi) is 3.42. The summed E-state index contributed by atoms with van der Waals surface area (Å²) in [6.45, 7) is 3.79. The average Bonchev–Trinajstić information content (AvgIpc) is 2.76. The molecule has 4 nitrogen and oxygen atoms in total. The number of nitrogens with zero attached hydrogens (tertiary/aromatic N) is 1. The lowest BCUT2D eigenvalue weighted by molar-refractivity contribution is 0.0740. The average molecular weight is 260 g/mol. The van der Waals surface area contributed by atoms with Crippen molar-refractivity contribution in [1.82, 2.24) is 10.2 Å². The van der Waals surface area contributed by atoms with Gasteiger partial charge in [-0.1, -0.05) is 6.07 Å². The zero-order chi connectivity index (χ0) is 13.2. The van der Waals surface area contributed by atoms with Crippen molar-refractivity contribution in [2.75, 3.05) is 26.7 Å². The molecule has 0 bridgehead atoms. The van der Waals surface area contributed by atoms with Gasteiger partial charge in [-0.3, -0.25) is 4.79 Å². The third kappa shape index (κ3) is 2.45. The smallest absolute Gasteiger partial charge is 0.254 e. The molecule has 0 unspecified atom stereocenters. The molecular formula is C15H20N2O2. The Morgan fingerprint density at radius 2 is 2.16 bits per heavy atom. The molecule has 1 aromatic carbocycles. The first-order valence-electron chi connectivity index (χ1n) is 6.95. The number of amides is 1. The molecule has 0 saturated carbocycles. The fourth-order valence-corrected chi connectivity index (χ4v) is 2.99. The third-order valence-electron chi connectivity index (χ3n) is 4.13. The van der Waals surface area contributed by atoms with Gasteiger partial charge in [0, 0.05) is 18.7 Å². The molecule has 4 heteroatoms. The molecule has 1 amide bonds. The van der Waals surface area contributed by atoms with E-state index in [1.807, 2.05) is 23.1 Å². The molecule has 2 aliphatic heterocycles. The lowest BCUT2D eigenvalue weighted by Gasteiger charge is -2.27. The minimum absolute atomic E-state index is 0.160. The maximum absolute atomic E-state index is 12.4. The molecule has 0 aromatic heterocycles. The van der Waals surface area contributed by atoms with Crippen LogP contribution in [0.5, 0.6) is 5.75 Å². The summed E-state index contributed by atoms with van der Waals surface area (Å²) in [5.74, 6) is 1.56. The first-order valence-corrected chi connectivity index (χ1v) is 6.95. The van der Waals surface area contributed by atoms with Gasteiger partial charge >= 0.3 is 0 Å². The van der Waals surface area contributed by atoms with Crippen molar-refractivity contribution in [3.05, 3.63) is 29.3 Å². The second-order valence-corrected chi connectivity index (χ2v) is 5.40. The van der Waals surface area contributed by atoms with E-state index >= 15 is 0 Å². The number of carbonyl (C=O) groups is 1. The van der Waals surface area contributed by atoms with Crippen LogP contribution in [0.2, 0.25) is 0 Å². The summed E-state index contributed by atoms with van der Waals surface area (Å²) in [5.41, 5.74) is 1.94. The van der Waals surface area contributed by atoms with E-state index < -0.39 is 0 Å². The summed E-state index contributed by atoms with van der Waals surface area (Å²) < 4.78 is 5.19. The Morgan fingerprint density at radius 3 is 2.89 bits per heavy atom. The second-order valence-electron chi connectivity index (χ2n) is 5.40. The van der Waals surface area contributed by atoms with E-state index in [0.29, 0.717) is 5.92 Å². The molecule has 19 heavy (non-hydrogen) atoms. The maximum atomic E-state index is 12.4. The number of hydrogen-bond donors (Lipinski definition) is 1. The lowest BCUT2D eigenvalue weighted by atomic mass is 9.98. The highest BCUT2D eigenvalue weighted by atomic mass is 16.5. The summed E-state index contributed by atoms with van der Waals surface area (Å²) in [6.07, 6.45) is 2.34. The van der Waals surface area contributed by atoms with Crippen molar-refractivity contribution >= 4 is 5.91 Å². The number of benzene rings is 1. The highest BCUT2D eigenvalue weighted by Gasteiger charge is 2.29. The summed E-state index contributed by atoms with van der Waals surface area (Å²) in [4.78, 5) is 14.4. The van der Waals surface area contributed by atoms with Crippen molar-refractivity contribution in [3.63, 3.8) is 0 Å². The minimum Gasteiger partial charge on any atom is -0.497 e. The van der Waals surface area contributed by atoms with Gasteiger partial charge in [0.15, 0.2) is 0 Å². The van der Waals surface area contributed by atoms with Crippen LogP contribution in [0.25, 0.3) is 0 Å². The normalized spacial score (nSPS) is 19.6. The Balaban J connectivity index is 1.71. The molecule has 0 radical (unpaired) electrons. The number of fused-ring (bicyclic) bond motifs is 1. The molecule has 0 spiro atoms. The van der Waals surface area contributed by atoms with Gasteiger partial charge in [-0.25, -0.2) is 0 Å². The molecule has 2 aliphatic rings. The topological polar surface area (TPSA) is 41.6 Å². The van der Waals surface area contributed by atoms with E-state index in [1.165, 1.54) is 12.8 Å². The van der Waals surface area contributed by atoms with Crippen LogP contribution in [-0.4, -0.2) is 37.6 Å². The lowest BCUT2D eigenvalue weighted by Crippen LogP contribution is -2.36. The van der Waals surface area contributed by atoms with Gasteiger partial charge in [-0.05, 0) is 49.5 Å². The van der Waals surface area contributed by atoms with Crippen LogP contribution in [0.3, 0.4) is 0 Å². The van der Waals surface area contributed by atoms with Crippen LogP contribution < -0.4 is 10.1 Å². The fraction of sp³-hybridized carbons (Fsp3) is 0.533. The number of methoxy groups -OCH3 is 1. The van der Waals surface area contributed by atoms with Crippen LogP contribution in [-0.2, 0) is 6.54 Å². The summed E-state index contributed by atoms with van der Waals surface area (Å²) in [5, 5.41) is 3.36. The summed E-state index contributed by atoms with van der Waals surface area (Å²) in [7, 11) is 1.63. The first kappa shape index (κ1) is 12.5. The van der Waals surface area contributed by atoms with Crippen LogP contribution in [0.15, 0.2) is 18.2 Å². The molecule has 2 heterocycles. The SMILES string of the molecule is COc1ccc2c(c1)C(=O)N(CC1CCNCC1)C2. The zero-order valence-corrected chi connectivity index (χ0v) is 11.3. The highest BCUT2D eigenvalue weighted by molar-refractivity contribution is 5.98. The first-order chi connectivity index (χ1) is 9.28. The predicted molar refractivity (Wildman–Crippen MR) is 73.3 cm³/mol. The molecule has 1 fully saturated rings. The summed E-state index contributed by atoms with van der Waals surface area (Å²) >= 11 is 0. The van der Waals surface area contributed by atoms with Gasteiger partial charge in [-0.2, -0.15) is 0 Å². The monoisotopic (exact) mass is 260 g/mol. The number of hydrogen-bond acceptors (Lipinski definition) is 3. The predicted octanol–water partition coefficient (Wildman–Crippen LogP) is 1.65. The van der Waals surface area contributed by atoms with E-state index in [1.54, 1.807) is 7.11 Å². The number of nitrogens with one attached hydrogen (secondary N) is 1. The van der Waals surface area contributed by atoms with E-state index in [4.69, 9.17) is 4.74 Å². The van der Waals surface area contributed by atoms with Gasteiger partial charge < -0.3 is 15.0 Å². The van der Waals surface area contributed by atoms with E-state index in [0.717, 1.165) is 43.1 Å². The second kappa shape index (κ2) is 5.21. The standard InChI is InChI=1S/C15H20N2O2/c1-19-13-3-2-12-10-17(15(18)14(12)8-13)9-11-4-6-16-7-5-11/h2-3,8,11,16H,4-7,9-10H2,1H3. The van der Waals surface area contributed by atoms with Crippen LogP contribution in [0.4, 0.5) is 0 Å². The van der Waals surface area contributed by atoms with Crippen molar-refractivity contribution in [3.8, 4) is 5.75 Å². The summed E-state index contributed by atoms with van der Waals surface area (Å²) in [6, 6.07) is 5.80. The third-order valence-corrected chi connectivity index (χ3v) is 4.13. The Bertz CT molecular complexity index is 481. The van der Waals surface area contributed by atoms with Crippen LogP contribution >= 0.6 is 0 Å². The van der Waals surface area contributed by atoms with E-state index in [2.05, 4.69) is 5.32 Å². The molecular weight excluding hydrogens is 240 g/mol. The van der Waals surface area contributed by atoms with Gasteiger partial charge in [0.2, 0.25) is 0 Å². The molecule has 1 saturated heterocycles. The number of rotatable bonds is 3. The molecule has 0 aliphatic carbocycles. The molecule has 3 rings (SSSR count). The van der Waals surface area contributed by atoms with E-state index in [-0.39, 0.29) is 5.91 Å². The molecule has 1 N–H and O–H groups in total. The van der Waals surface area contributed by atoms with Crippen molar-refractivity contribution in [1.29, 1.82) is 0 Å². The van der Waals surface area contributed by atoms with E-state index in [9.17, 15) is 4.79 Å². The van der Waals surface area contributed by atoms with Gasteiger partial charge in [0.25, 0.3) is 5.91 Å². The Labute approximate surface area is 113 Å². The largest absolute Gasteiger partial charge is 0.497 e. The Hall–Kier alpha value is -1.55. The molecule has 0 atom stereocenters. The van der Waals surface area contributed by atoms with Crippen LogP contribution in [0.1, 0.15) is 28.8 Å².